The van der Waals surface area contributed by atoms with E-state index in [1.54, 1.807) is 0 Å². The Bertz CT molecular complexity index is 210. The molecule has 7 nitrogen and oxygen atoms in total. The van der Waals surface area contributed by atoms with E-state index in [0.29, 0.717) is 0 Å². The molecule has 1 heterocycles. The van der Waals surface area contributed by atoms with Crippen LogP contribution in [0, 0.1) is 0 Å². The van der Waals surface area contributed by atoms with E-state index in [2.05, 4.69) is 0 Å². The van der Waals surface area contributed by atoms with Crippen molar-refractivity contribution in [1.82, 2.24) is 0 Å². The first kappa shape index (κ1) is 13.3. The Kier molecular flexibility index (Phi) is 4.51. The number of ether oxygens (including phenoxy) is 1. The second-order valence-corrected chi connectivity index (χ2v) is 4.03. The maximum atomic E-state index is 9.68. The summed E-state index contributed by atoms with van der Waals surface area (Å²) in [5.41, 5.74) is -2.00. The van der Waals surface area contributed by atoms with Gasteiger partial charge in [-0.15, -0.1) is 0 Å². The summed E-state index contributed by atoms with van der Waals surface area (Å²) in [6.45, 7) is -1.58. The van der Waals surface area contributed by atoms with E-state index in [9.17, 15) is 15.3 Å². The molecule has 1 saturated heterocycles. The Balaban J connectivity index is 2.80. The van der Waals surface area contributed by atoms with E-state index in [1.807, 2.05) is 0 Å². The van der Waals surface area contributed by atoms with Crippen molar-refractivity contribution < 1.29 is 34.0 Å². The molecule has 0 aliphatic carbocycles. The molecule has 8 heteroatoms. The van der Waals surface area contributed by atoms with Crippen molar-refractivity contribution in [1.29, 1.82) is 0 Å². The Morgan fingerprint density at radius 1 is 1.20 bits per heavy atom. The summed E-state index contributed by atoms with van der Waals surface area (Å²) in [6, 6.07) is 0. The minimum absolute atomic E-state index is 0.792. The van der Waals surface area contributed by atoms with Crippen LogP contribution in [-0.4, -0.2) is 86.1 Å². The normalized spacial score (nSPS) is 37.2. The van der Waals surface area contributed by atoms with Crippen LogP contribution in [0.2, 0.25) is 0 Å². The van der Waals surface area contributed by atoms with Gasteiger partial charge in [0, 0.05) is 0 Å². The third-order valence-electron chi connectivity index (χ3n) is 2.43. The van der Waals surface area contributed by atoms with E-state index in [1.165, 1.54) is 0 Å². The molecule has 0 aromatic heterocycles. The van der Waals surface area contributed by atoms with Gasteiger partial charge in [-0.1, -0.05) is 0 Å². The van der Waals surface area contributed by atoms with Gasteiger partial charge in [0.25, 0.3) is 0 Å². The summed E-state index contributed by atoms with van der Waals surface area (Å²) >= 11 is 0.825. The number of hydrogen-bond acceptors (Lipinski definition) is 7. The van der Waals surface area contributed by atoms with E-state index in [4.69, 9.17) is 18.7 Å². The average Bonchev–Trinajstić information content (AvgIpc) is 2.55. The fourth-order valence-electron chi connectivity index (χ4n) is 1.43. The Morgan fingerprint density at radius 2 is 1.73 bits per heavy atom. The van der Waals surface area contributed by atoms with Gasteiger partial charge in [-0.25, -0.2) is 0 Å². The van der Waals surface area contributed by atoms with Crippen LogP contribution in [0.15, 0.2) is 0 Å². The topological polar surface area (TPSA) is 120 Å². The van der Waals surface area contributed by atoms with Gasteiger partial charge in [0.2, 0.25) is 0 Å². The SMILES string of the molecule is OCC(O)(CO)C1OC(O[AsH2])C(O)C1O. The predicted molar refractivity (Wildman–Crippen MR) is 49.4 cm³/mol. The van der Waals surface area contributed by atoms with Crippen LogP contribution in [-0.2, 0) is 8.46 Å². The molecule has 5 unspecified atom stereocenters. The van der Waals surface area contributed by atoms with Crippen molar-refractivity contribution in [3.63, 3.8) is 0 Å². The number of rotatable bonds is 4. The van der Waals surface area contributed by atoms with Gasteiger partial charge < -0.3 is 0 Å². The van der Waals surface area contributed by atoms with E-state index >= 15 is 0 Å². The second-order valence-electron chi connectivity index (χ2n) is 3.46. The van der Waals surface area contributed by atoms with Crippen molar-refractivity contribution >= 4 is 17.2 Å². The fraction of sp³-hybridized carbons (Fsp3) is 1.00. The molecule has 0 spiro atoms. The molecule has 1 rings (SSSR count). The van der Waals surface area contributed by atoms with Crippen molar-refractivity contribution in [2.75, 3.05) is 13.2 Å². The molecule has 1 aliphatic heterocycles. The third kappa shape index (κ3) is 2.35. The van der Waals surface area contributed by atoms with E-state index < -0.39 is 43.4 Å². The van der Waals surface area contributed by atoms with Crippen molar-refractivity contribution in [2.45, 2.75) is 30.2 Å². The molecular weight excluding hydrogens is 271 g/mol. The molecule has 5 atom stereocenters. The Labute approximate surface area is 95.1 Å². The molecule has 0 bridgehead atoms. The maximum absolute atomic E-state index is 9.68. The summed E-state index contributed by atoms with van der Waals surface area (Å²) in [4.78, 5) is 0. The monoisotopic (exact) mass is 286 g/mol. The molecule has 1 aliphatic rings. The first-order chi connectivity index (χ1) is 7.00. The molecule has 0 aromatic carbocycles. The molecular formula is C7H15AsO7. The summed E-state index contributed by atoms with van der Waals surface area (Å²) in [7, 11) is 0. The van der Waals surface area contributed by atoms with Gasteiger partial charge in [0.1, 0.15) is 0 Å². The third-order valence-corrected chi connectivity index (χ3v) is 2.99. The van der Waals surface area contributed by atoms with Crippen LogP contribution in [0.1, 0.15) is 0 Å². The van der Waals surface area contributed by atoms with Crippen molar-refractivity contribution in [2.24, 2.45) is 0 Å². The Hall–Kier alpha value is 0.278. The average molecular weight is 286 g/mol. The van der Waals surface area contributed by atoms with Crippen LogP contribution < -0.4 is 0 Å². The molecule has 0 radical (unpaired) electrons. The van der Waals surface area contributed by atoms with Crippen LogP contribution in [0.25, 0.3) is 0 Å². The number of aliphatic hydroxyl groups is 5. The molecule has 15 heavy (non-hydrogen) atoms. The molecule has 5 N–H and O–H groups in total. The molecule has 0 amide bonds. The fourth-order valence-corrected chi connectivity index (χ4v) is 1.90. The first-order valence-corrected chi connectivity index (χ1v) is 5.30. The van der Waals surface area contributed by atoms with E-state index in [-0.39, 0.29) is 0 Å². The summed E-state index contributed by atoms with van der Waals surface area (Å²) in [5, 5.41) is 46.4. The van der Waals surface area contributed by atoms with Gasteiger partial charge in [-0.05, 0) is 0 Å². The number of aliphatic hydroxyl groups excluding tert-OH is 4. The second kappa shape index (κ2) is 5.07. The van der Waals surface area contributed by atoms with Crippen LogP contribution in [0.3, 0.4) is 0 Å². The first-order valence-electron chi connectivity index (χ1n) is 4.31. The molecule has 0 saturated carbocycles. The van der Waals surface area contributed by atoms with Crippen LogP contribution in [0.5, 0.6) is 0 Å². The summed E-state index contributed by atoms with van der Waals surface area (Å²) in [6.07, 6.45) is -5.08. The molecule has 90 valence electrons. The summed E-state index contributed by atoms with van der Waals surface area (Å²) in [5.74, 6) is 0. The number of hydrogen-bond donors (Lipinski definition) is 5. The van der Waals surface area contributed by atoms with Gasteiger partial charge >= 0.3 is 94.6 Å². The quantitative estimate of drug-likeness (QED) is 0.332. The Morgan fingerprint density at radius 3 is 2.07 bits per heavy atom. The molecule has 0 aromatic rings. The van der Waals surface area contributed by atoms with Crippen molar-refractivity contribution in [3.05, 3.63) is 0 Å². The summed E-state index contributed by atoms with van der Waals surface area (Å²) < 4.78 is 9.77. The van der Waals surface area contributed by atoms with Crippen LogP contribution in [0.4, 0.5) is 0 Å². The zero-order chi connectivity index (χ0) is 11.6. The van der Waals surface area contributed by atoms with E-state index in [0.717, 1.165) is 17.2 Å². The van der Waals surface area contributed by atoms with Gasteiger partial charge in [0.05, 0.1) is 0 Å². The predicted octanol–water partition coefficient (Wildman–Crippen LogP) is -4.29. The molecule has 1 fully saturated rings. The van der Waals surface area contributed by atoms with Gasteiger partial charge in [0.15, 0.2) is 0 Å². The van der Waals surface area contributed by atoms with Crippen LogP contribution >= 0.6 is 0 Å². The van der Waals surface area contributed by atoms with Crippen molar-refractivity contribution in [3.8, 4) is 0 Å². The van der Waals surface area contributed by atoms with Gasteiger partial charge in [-0.2, -0.15) is 0 Å². The zero-order valence-corrected chi connectivity index (χ0v) is 10.3. The zero-order valence-electron chi connectivity index (χ0n) is 7.85. The van der Waals surface area contributed by atoms with Gasteiger partial charge in [-0.3, -0.25) is 0 Å². The standard InChI is InChI=1S/C7H15AsO7/c8-15-6-4(12)3(11)5(14-6)7(13,1-9)2-10/h3-6,9-13H,1-2,8H2. The minimum atomic E-state index is -2.00.